The van der Waals surface area contributed by atoms with E-state index in [9.17, 15) is 9.90 Å². The predicted octanol–water partition coefficient (Wildman–Crippen LogP) is 2.55. The molecule has 0 bridgehead atoms. The summed E-state index contributed by atoms with van der Waals surface area (Å²) in [4.78, 5) is 11.7. The number of phenols is 1. The van der Waals surface area contributed by atoms with E-state index < -0.39 is 0 Å². The number of hydrogen-bond donors (Lipinski definition) is 2. The summed E-state index contributed by atoms with van der Waals surface area (Å²) in [6.45, 7) is 3.86. The van der Waals surface area contributed by atoms with Crippen molar-refractivity contribution in [1.82, 2.24) is 5.43 Å². The summed E-state index contributed by atoms with van der Waals surface area (Å²) in [6, 6.07) is 10.4. The van der Waals surface area contributed by atoms with Crippen LogP contribution >= 0.6 is 0 Å². The van der Waals surface area contributed by atoms with Crippen molar-refractivity contribution in [2.24, 2.45) is 5.10 Å². The Balaban J connectivity index is 1.84. The minimum atomic E-state index is -0.373. The molecule has 0 aliphatic rings. The number of amides is 1. The molecule has 6 nitrogen and oxygen atoms in total. The van der Waals surface area contributed by atoms with Crippen LogP contribution < -0.4 is 14.9 Å². The molecular weight excluding hydrogens is 308 g/mol. The number of methoxy groups -OCH3 is 1. The lowest BCUT2D eigenvalue weighted by Crippen LogP contribution is -2.24. The van der Waals surface area contributed by atoms with Crippen molar-refractivity contribution >= 4 is 12.1 Å². The van der Waals surface area contributed by atoms with Gasteiger partial charge < -0.3 is 14.6 Å². The molecule has 2 rings (SSSR count). The van der Waals surface area contributed by atoms with Gasteiger partial charge in [0.2, 0.25) is 0 Å². The number of aromatic hydroxyl groups is 1. The summed E-state index contributed by atoms with van der Waals surface area (Å²) >= 11 is 0. The van der Waals surface area contributed by atoms with Gasteiger partial charge in [-0.1, -0.05) is 6.07 Å². The van der Waals surface area contributed by atoms with Crippen molar-refractivity contribution in [3.05, 3.63) is 53.1 Å². The maximum atomic E-state index is 11.7. The van der Waals surface area contributed by atoms with Crippen molar-refractivity contribution in [3.8, 4) is 17.2 Å². The van der Waals surface area contributed by atoms with Crippen molar-refractivity contribution in [3.63, 3.8) is 0 Å². The Bertz CT molecular complexity index is 757. The van der Waals surface area contributed by atoms with Crippen LogP contribution in [0, 0.1) is 13.8 Å². The molecule has 2 N–H and O–H groups in total. The molecule has 0 aliphatic heterocycles. The summed E-state index contributed by atoms with van der Waals surface area (Å²) in [5.41, 5.74) is 5.26. The van der Waals surface area contributed by atoms with Crippen molar-refractivity contribution in [1.29, 1.82) is 0 Å². The highest BCUT2D eigenvalue weighted by Crippen LogP contribution is 2.25. The van der Waals surface area contributed by atoms with Crippen LogP contribution in [0.25, 0.3) is 0 Å². The number of nitrogens with one attached hydrogen (secondary N) is 1. The molecular formula is C18H20N2O4. The first-order valence-electron chi connectivity index (χ1n) is 7.38. The van der Waals surface area contributed by atoms with E-state index in [0.29, 0.717) is 17.1 Å². The van der Waals surface area contributed by atoms with Crippen molar-refractivity contribution in [2.45, 2.75) is 13.8 Å². The number of nitrogens with zero attached hydrogens (tertiary/aromatic N) is 1. The number of ether oxygens (including phenoxy) is 2. The molecule has 0 radical (unpaired) electrons. The van der Waals surface area contributed by atoms with E-state index in [1.807, 2.05) is 32.0 Å². The number of phenolic OH excluding ortho intramolecular Hbond substituents is 1. The molecule has 0 aliphatic carbocycles. The molecule has 0 unspecified atom stereocenters. The molecule has 6 heteroatoms. The van der Waals surface area contributed by atoms with Gasteiger partial charge >= 0.3 is 0 Å². The zero-order valence-corrected chi connectivity index (χ0v) is 13.9. The second-order valence-electron chi connectivity index (χ2n) is 5.26. The van der Waals surface area contributed by atoms with Gasteiger partial charge in [-0.15, -0.1) is 0 Å². The number of hydrogen-bond acceptors (Lipinski definition) is 5. The van der Waals surface area contributed by atoms with Gasteiger partial charge in [-0.2, -0.15) is 5.10 Å². The first-order valence-corrected chi connectivity index (χ1v) is 7.38. The zero-order chi connectivity index (χ0) is 17.5. The Hall–Kier alpha value is -3.02. The fourth-order valence-electron chi connectivity index (χ4n) is 1.95. The second-order valence-corrected chi connectivity index (χ2v) is 5.26. The maximum Gasteiger partial charge on any atom is 0.277 e. The summed E-state index contributed by atoms with van der Waals surface area (Å²) < 4.78 is 10.4. The molecule has 2 aromatic carbocycles. The molecule has 0 spiro atoms. The largest absolute Gasteiger partial charge is 0.504 e. The van der Waals surface area contributed by atoms with Gasteiger partial charge in [-0.3, -0.25) is 4.79 Å². The van der Waals surface area contributed by atoms with Gasteiger partial charge in [0.1, 0.15) is 5.75 Å². The molecule has 0 saturated carbocycles. The molecule has 1 amide bonds. The average Bonchev–Trinajstić information content (AvgIpc) is 2.56. The average molecular weight is 328 g/mol. The van der Waals surface area contributed by atoms with Gasteiger partial charge in [-0.25, -0.2) is 5.43 Å². The van der Waals surface area contributed by atoms with Gasteiger partial charge in [0.05, 0.1) is 13.3 Å². The third-order valence-electron chi connectivity index (χ3n) is 3.45. The number of hydrazone groups is 1. The summed E-state index contributed by atoms with van der Waals surface area (Å²) in [6.07, 6.45) is 1.42. The van der Waals surface area contributed by atoms with Crippen LogP contribution in [-0.2, 0) is 4.79 Å². The van der Waals surface area contributed by atoms with E-state index >= 15 is 0 Å². The zero-order valence-electron chi connectivity index (χ0n) is 13.9. The lowest BCUT2D eigenvalue weighted by molar-refractivity contribution is -0.123. The Morgan fingerprint density at radius 1 is 1.21 bits per heavy atom. The van der Waals surface area contributed by atoms with E-state index in [0.717, 1.165) is 5.56 Å². The minimum Gasteiger partial charge on any atom is -0.504 e. The van der Waals surface area contributed by atoms with Gasteiger partial charge in [0, 0.05) is 0 Å². The van der Waals surface area contributed by atoms with E-state index in [-0.39, 0.29) is 18.3 Å². The quantitative estimate of drug-likeness (QED) is 0.631. The Morgan fingerprint density at radius 2 is 2.00 bits per heavy atom. The molecule has 24 heavy (non-hydrogen) atoms. The fraction of sp³-hybridized carbons (Fsp3) is 0.222. The number of benzene rings is 2. The molecule has 0 atom stereocenters. The minimum absolute atomic E-state index is 0.00542. The van der Waals surface area contributed by atoms with Crippen LogP contribution in [0.2, 0.25) is 0 Å². The second kappa shape index (κ2) is 8.01. The SMILES string of the molecule is COc1ccc(/C=N/NC(=O)COc2ccc(C)c(C)c2)cc1O. The number of rotatable bonds is 6. The van der Waals surface area contributed by atoms with Gasteiger partial charge in [0.25, 0.3) is 5.91 Å². The number of carbonyl (C=O) groups is 1. The van der Waals surface area contributed by atoms with Crippen LogP contribution in [0.3, 0.4) is 0 Å². The van der Waals surface area contributed by atoms with Crippen LogP contribution in [-0.4, -0.2) is 30.9 Å². The van der Waals surface area contributed by atoms with Crippen LogP contribution in [0.15, 0.2) is 41.5 Å². The van der Waals surface area contributed by atoms with Crippen molar-refractivity contribution < 1.29 is 19.4 Å². The third kappa shape index (κ3) is 4.74. The standard InChI is InChI=1S/C18H20N2O4/c1-12-4-6-15(8-13(12)2)24-11-18(22)20-19-10-14-5-7-17(23-3)16(21)9-14/h4-10,21H,11H2,1-3H3,(H,20,22)/b19-10+. The lowest BCUT2D eigenvalue weighted by Gasteiger charge is -2.07. The fourth-order valence-corrected chi connectivity index (χ4v) is 1.95. The first-order chi connectivity index (χ1) is 11.5. The van der Waals surface area contributed by atoms with Crippen LogP contribution in [0.4, 0.5) is 0 Å². The third-order valence-corrected chi connectivity index (χ3v) is 3.45. The van der Waals surface area contributed by atoms with Crippen LogP contribution in [0.1, 0.15) is 16.7 Å². The van der Waals surface area contributed by atoms with Gasteiger partial charge in [-0.05, 0) is 60.9 Å². The molecule has 2 aromatic rings. The van der Waals surface area contributed by atoms with Crippen molar-refractivity contribution in [2.75, 3.05) is 13.7 Å². The highest BCUT2D eigenvalue weighted by Gasteiger charge is 2.03. The van der Waals surface area contributed by atoms with Crippen LogP contribution in [0.5, 0.6) is 17.2 Å². The molecule has 0 heterocycles. The normalized spacial score (nSPS) is 10.6. The highest BCUT2D eigenvalue weighted by atomic mass is 16.5. The first kappa shape index (κ1) is 17.3. The maximum absolute atomic E-state index is 11.7. The number of aryl methyl sites for hydroxylation is 2. The monoisotopic (exact) mass is 328 g/mol. The topological polar surface area (TPSA) is 80.2 Å². The van der Waals surface area contributed by atoms with E-state index in [2.05, 4.69) is 10.5 Å². The smallest absolute Gasteiger partial charge is 0.277 e. The molecule has 0 fully saturated rings. The van der Waals surface area contributed by atoms with E-state index in [1.54, 1.807) is 12.1 Å². The summed E-state index contributed by atoms with van der Waals surface area (Å²) in [5, 5.41) is 13.5. The number of carbonyl (C=O) groups excluding carboxylic acids is 1. The lowest BCUT2D eigenvalue weighted by atomic mass is 10.1. The Labute approximate surface area is 140 Å². The highest BCUT2D eigenvalue weighted by molar-refractivity contribution is 5.83. The van der Waals surface area contributed by atoms with E-state index in [4.69, 9.17) is 9.47 Å². The Morgan fingerprint density at radius 3 is 2.67 bits per heavy atom. The predicted molar refractivity (Wildman–Crippen MR) is 91.8 cm³/mol. The van der Waals surface area contributed by atoms with Gasteiger partial charge in [0.15, 0.2) is 18.1 Å². The molecule has 126 valence electrons. The summed E-state index contributed by atoms with van der Waals surface area (Å²) in [7, 11) is 1.47. The molecule has 0 aromatic heterocycles. The molecule has 0 saturated heterocycles. The van der Waals surface area contributed by atoms with E-state index in [1.165, 1.54) is 25.0 Å². The summed E-state index contributed by atoms with van der Waals surface area (Å²) in [5.74, 6) is 0.642. The Kier molecular flexibility index (Phi) is 5.78.